The number of anilines is 1. The van der Waals surface area contributed by atoms with Crippen LogP contribution in [-0.4, -0.2) is 48.3 Å². The zero-order valence-electron chi connectivity index (χ0n) is 13.3. The number of carbonyl (C=O) groups is 1. The minimum absolute atomic E-state index is 0.200. The highest BCUT2D eigenvalue weighted by atomic mass is 32.2. The van der Waals surface area contributed by atoms with Gasteiger partial charge in [-0.15, -0.1) is 0 Å². The van der Waals surface area contributed by atoms with Gasteiger partial charge < -0.3 is 19.7 Å². The number of ether oxygens (including phenoxy) is 2. The normalized spacial score (nSPS) is 13.1. The van der Waals surface area contributed by atoms with Crippen LogP contribution in [0.25, 0.3) is 0 Å². The number of carbonyl (C=O) groups excluding carboxylic acids is 1. The maximum Gasteiger partial charge on any atom is 0.321 e. The van der Waals surface area contributed by atoms with E-state index in [1.807, 2.05) is 13.8 Å². The summed E-state index contributed by atoms with van der Waals surface area (Å²) in [6, 6.07) is 2.67. The summed E-state index contributed by atoms with van der Waals surface area (Å²) >= 11 is 0. The second-order valence-corrected chi connectivity index (χ2v) is 6.42. The van der Waals surface area contributed by atoms with E-state index in [-0.39, 0.29) is 16.6 Å². The number of hydrogen-bond donors (Lipinski definition) is 2. The Morgan fingerprint density at radius 3 is 2.18 bits per heavy atom. The van der Waals surface area contributed by atoms with Gasteiger partial charge in [-0.3, -0.25) is 5.14 Å². The van der Waals surface area contributed by atoms with Crippen LogP contribution in [0.2, 0.25) is 0 Å². The molecule has 0 aliphatic rings. The highest BCUT2D eigenvalue weighted by molar-refractivity contribution is 7.98. The van der Waals surface area contributed by atoms with Crippen molar-refractivity contribution in [3.8, 4) is 11.5 Å². The first-order valence-corrected chi connectivity index (χ1v) is 8.54. The van der Waals surface area contributed by atoms with E-state index in [2.05, 4.69) is 11.2 Å². The first-order valence-electron chi connectivity index (χ1n) is 6.75. The average Bonchev–Trinajstić information content (AvgIpc) is 2.46. The Labute approximate surface area is 131 Å². The van der Waals surface area contributed by atoms with Crippen molar-refractivity contribution in [2.45, 2.75) is 18.7 Å². The molecule has 0 aromatic heterocycles. The van der Waals surface area contributed by atoms with Crippen molar-refractivity contribution in [3.05, 3.63) is 12.1 Å². The summed E-state index contributed by atoms with van der Waals surface area (Å²) in [6.07, 6.45) is 0. The third-order valence-electron chi connectivity index (χ3n) is 3.15. The number of hydrogen-bond acceptors (Lipinski definition) is 4. The Morgan fingerprint density at radius 1 is 1.27 bits per heavy atom. The molecule has 0 aliphatic heterocycles. The summed E-state index contributed by atoms with van der Waals surface area (Å²) in [5, 5.41) is 8.34. The molecule has 7 nitrogen and oxygen atoms in total. The number of urea groups is 1. The molecule has 3 N–H and O–H groups in total. The van der Waals surface area contributed by atoms with Crippen LogP contribution >= 0.6 is 0 Å². The molecule has 22 heavy (non-hydrogen) atoms. The lowest BCUT2D eigenvalue weighted by Crippen LogP contribution is -2.35. The molecular weight excluding hydrogens is 306 g/mol. The molecule has 0 bridgehead atoms. The number of rotatable bonds is 6. The second-order valence-electron chi connectivity index (χ2n) is 4.53. The predicted molar refractivity (Wildman–Crippen MR) is 89.2 cm³/mol. The van der Waals surface area contributed by atoms with Crippen LogP contribution in [0.15, 0.2) is 17.0 Å². The molecular formula is C14H23N3O4S. The van der Waals surface area contributed by atoms with Gasteiger partial charge in [0.1, 0.15) is 0 Å². The predicted octanol–water partition coefficient (Wildman–Crippen LogP) is 1.53. The fourth-order valence-corrected chi connectivity index (χ4v) is 2.74. The smallest absolute Gasteiger partial charge is 0.321 e. The average molecular weight is 329 g/mol. The van der Waals surface area contributed by atoms with E-state index in [1.165, 1.54) is 26.4 Å². The minimum Gasteiger partial charge on any atom is -0.493 e. The van der Waals surface area contributed by atoms with Gasteiger partial charge in [-0.05, 0) is 19.7 Å². The minimum atomic E-state index is -3.04. The molecule has 1 unspecified atom stereocenters. The standard InChI is InChI=1S/C14H23N3O4S/c1-6-17(7-2)14(18)16-10-8-11(20-3)12(21-4)9-13(10)22(5,15)19/h8-9H,5-7H2,1-4H3,(H2,15,19)(H,16,18). The van der Waals surface area contributed by atoms with Gasteiger partial charge in [0, 0.05) is 25.2 Å². The third kappa shape index (κ3) is 4.05. The summed E-state index contributed by atoms with van der Waals surface area (Å²) < 4.78 is 22.5. The number of nitrogens with one attached hydrogen (secondary N) is 1. The Kier molecular flexibility index (Phi) is 6.07. The topological polar surface area (TPSA) is 93.9 Å². The quantitative estimate of drug-likeness (QED) is 0.774. The molecule has 0 fully saturated rings. The van der Waals surface area contributed by atoms with E-state index >= 15 is 0 Å². The van der Waals surface area contributed by atoms with Crippen molar-refractivity contribution in [1.29, 1.82) is 0 Å². The summed E-state index contributed by atoms with van der Waals surface area (Å²) in [5.41, 5.74) is 0.289. The van der Waals surface area contributed by atoms with Gasteiger partial charge in [-0.2, -0.15) is 0 Å². The summed E-state index contributed by atoms with van der Waals surface area (Å²) in [4.78, 5) is 14.0. The molecule has 0 saturated carbocycles. The van der Waals surface area contributed by atoms with Crippen molar-refractivity contribution in [2.24, 2.45) is 5.14 Å². The first kappa shape index (κ1) is 18.1. The van der Waals surface area contributed by atoms with Crippen LogP contribution in [0.1, 0.15) is 13.8 Å². The van der Waals surface area contributed by atoms with E-state index in [0.717, 1.165) is 0 Å². The Bertz CT molecular complexity index is 640. The Hall–Kier alpha value is -1.93. The van der Waals surface area contributed by atoms with Gasteiger partial charge in [0.05, 0.1) is 34.5 Å². The van der Waals surface area contributed by atoms with Crippen molar-refractivity contribution in [1.82, 2.24) is 4.90 Å². The largest absolute Gasteiger partial charge is 0.493 e. The van der Waals surface area contributed by atoms with Gasteiger partial charge in [0.15, 0.2) is 11.5 Å². The fraction of sp³-hybridized carbons (Fsp3) is 0.429. The Morgan fingerprint density at radius 2 is 1.77 bits per heavy atom. The van der Waals surface area contributed by atoms with E-state index in [1.54, 1.807) is 4.90 Å². The number of nitrogens with two attached hydrogens (primary N) is 1. The van der Waals surface area contributed by atoms with E-state index in [9.17, 15) is 9.00 Å². The van der Waals surface area contributed by atoms with Gasteiger partial charge in [-0.1, -0.05) is 0 Å². The van der Waals surface area contributed by atoms with Crippen molar-refractivity contribution >= 4 is 27.3 Å². The molecule has 124 valence electrons. The van der Waals surface area contributed by atoms with Crippen LogP contribution < -0.4 is 19.9 Å². The monoisotopic (exact) mass is 329 g/mol. The van der Waals surface area contributed by atoms with E-state index in [0.29, 0.717) is 24.6 Å². The summed E-state index contributed by atoms with van der Waals surface area (Å²) in [5.74, 6) is 4.22. The molecule has 0 heterocycles. The maximum atomic E-state index is 12.2. The van der Waals surface area contributed by atoms with Crippen LogP contribution in [0.4, 0.5) is 10.5 Å². The molecule has 2 amide bonds. The highest BCUT2D eigenvalue weighted by Crippen LogP contribution is 2.35. The molecule has 1 aromatic carbocycles. The lowest BCUT2D eigenvalue weighted by Gasteiger charge is -2.21. The van der Waals surface area contributed by atoms with Crippen molar-refractivity contribution < 1.29 is 18.5 Å². The van der Waals surface area contributed by atoms with Crippen LogP contribution in [0, 0.1) is 0 Å². The zero-order valence-corrected chi connectivity index (χ0v) is 14.2. The summed E-state index contributed by atoms with van der Waals surface area (Å²) in [7, 11) is -0.119. The van der Waals surface area contributed by atoms with Gasteiger partial charge in [-0.25, -0.2) is 9.00 Å². The molecule has 0 radical (unpaired) electrons. The zero-order chi connectivity index (χ0) is 16.9. The van der Waals surface area contributed by atoms with Crippen LogP contribution in [0.3, 0.4) is 0 Å². The van der Waals surface area contributed by atoms with Crippen molar-refractivity contribution in [3.63, 3.8) is 0 Å². The summed E-state index contributed by atoms with van der Waals surface area (Å²) in [6.45, 7) is 4.83. The molecule has 0 spiro atoms. The van der Waals surface area contributed by atoms with E-state index in [4.69, 9.17) is 14.6 Å². The highest BCUT2D eigenvalue weighted by Gasteiger charge is 2.19. The molecule has 1 rings (SSSR count). The van der Waals surface area contributed by atoms with Crippen molar-refractivity contribution in [2.75, 3.05) is 32.6 Å². The molecule has 1 aromatic rings. The van der Waals surface area contributed by atoms with Gasteiger partial charge in [0.2, 0.25) is 0 Å². The lowest BCUT2D eigenvalue weighted by molar-refractivity contribution is 0.217. The number of methoxy groups -OCH3 is 2. The van der Waals surface area contributed by atoms with Gasteiger partial charge >= 0.3 is 6.03 Å². The number of benzene rings is 1. The molecule has 8 heteroatoms. The maximum absolute atomic E-state index is 12.2. The third-order valence-corrected chi connectivity index (χ3v) is 4.23. The second kappa shape index (κ2) is 7.37. The molecule has 0 saturated heterocycles. The lowest BCUT2D eigenvalue weighted by atomic mass is 10.2. The van der Waals surface area contributed by atoms with Crippen LogP contribution in [-0.2, 0) is 9.71 Å². The van der Waals surface area contributed by atoms with Gasteiger partial charge in [0.25, 0.3) is 0 Å². The fourth-order valence-electron chi connectivity index (χ4n) is 1.95. The number of nitrogens with zero attached hydrogens (tertiary/aromatic N) is 1. The van der Waals surface area contributed by atoms with E-state index < -0.39 is 9.71 Å². The SMILES string of the molecule is C=S(N)(=O)c1cc(OC)c(OC)cc1NC(=O)N(CC)CC. The number of amides is 2. The van der Waals surface area contributed by atoms with Crippen LogP contribution in [0.5, 0.6) is 11.5 Å². The Balaban J connectivity index is 3.35. The first-order chi connectivity index (χ1) is 10.3. The molecule has 1 atom stereocenters. The molecule has 0 aliphatic carbocycles.